The number of methoxy groups -OCH3 is 1. The van der Waals surface area contributed by atoms with E-state index in [1.807, 2.05) is 29.2 Å². The zero-order valence-electron chi connectivity index (χ0n) is 26.5. The van der Waals surface area contributed by atoms with Gasteiger partial charge in [0.2, 0.25) is 0 Å². The molecule has 8 nitrogen and oxygen atoms in total. The Morgan fingerprint density at radius 3 is 2.62 bits per heavy atom. The van der Waals surface area contributed by atoms with Crippen molar-refractivity contribution in [3.8, 4) is 17.0 Å². The van der Waals surface area contributed by atoms with Crippen molar-refractivity contribution >= 4 is 6.03 Å². The van der Waals surface area contributed by atoms with Crippen LogP contribution in [0.1, 0.15) is 56.6 Å². The van der Waals surface area contributed by atoms with Crippen molar-refractivity contribution in [3.05, 3.63) is 82.4 Å². The lowest BCUT2D eigenvalue weighted by molar-refractivity contribution is 0.0199. The number of hydrogen-bond acceptors (Lipinski definition) is 5. The molecule has 6 rings (SSSR count). The molecule has 0 bridgehead atoms. The molecule has 0 unspecified atom stereocenters. The van der Waals surface area contributed by atoms with Crippen LogP contribution in [0.25, 0.3) is 11.3 Å². The number of aromatic nitrogens is 2. The number of carbonyl (C=O) groups excluding carboxylic acids is 1. The van der Waals surface area contributed by atoms with Gasteiger partial charge in [0.25, 0.3) is 12.0 Å². The Balaban J connectivity index is 1.20. The molecule has 0 radical (unpaired) electrons. The first kappa shape index (κ1) is 33.0. The molecule has 1 aromatic heterocycles. The number of hydrogen-bond donors (Lipinski definition) is 1. The molecule has 2 saturated heterocycles. The van der Waals surface area contributed by atoms with Crippen molar-refractivity contribution in [3.63, 3.8) is 0 Å². The first-order chi connectivity index (χ1) is 22.7. The minimum absolute atomic E-state index is 0.0517. The van der Waals surface area contributed by atoms with Crippen LogP contribution in [-0.2, 0) is 6.54 Å². The van der Waals surface area contributed by atoms with Crippen LogP contribution in [0.15, 0.2) is 59.7 Å². The molecule has 3 fully saturated rings. The summed E-state index contributed by atoms with van der Waals surface area (Å²) < 4.78 is 62.4. The Labute approximate surface area is 271 Å². The Hall–Kier alpha value is -3.93. The van der Waals surface area contributed by atoms with E-state index in [2.05, 4.69) is 10.3 Å². The molecule has 3 heterocycles. The van der Waals surface area contributed by atoms with E-state index in [1.165, 1.54) is 6.07 Å². The van der Waals surface area contributed by atoms with E-state index < -0.39 is 30.6 Å². The number of amides is 2. The molecule has 12 heteroatoms. The summed E-state index contributed by atoms with van der Waals surface area (Å²) in [5.74, 6) is -0.477. The minimum atomic E-state index is -2.54. The molecule has 47 heavy (non-hydrogen) atoms. The lowest BCUT2D eigenvalue weighted by Crippen LogP contribution is -2.57. The number of nitrogens with one attached hydrogen (secondary N) is 1. The van der Waals surface area contributed by atoms with E-state index in [9.17, 15) is 22.8 Å². The number of alkyl halides is 2. The molecule has 252 valence electrons. The highest BCUT2D eigenvalue weighted by Gasteiger charge is 2.48. The number of nitrogens with zero attached hydrogens (tertiary/aromatic N) is 4. The molecule has 3 aliphatic rings. The van der Waals surface area contributed by atoms with Crippen molar-refractivity contribution in [2.75, 3.05) is 33.3 Å². The molecule has 2 aromatic carbocycles. The van der Waals surface area contributed by atoms with E-state index in [0.717, 1.165) is 49.4 Å². The van der Waals surface area contributed by atoms with Gasteiger partial charge in [0.15, 0.2) is 0 Å². The van der Waals surface area contributed by atoms with Crippen molar-refractivity contribution in [2.24, 2.45) is 11.3 Å². The van der Waals surface area contributed by atoms with Crippen molar-refractivity contribution in [1.82, 2.24) is 24.7 Å². The number of ether oxygens (including phenoxy) is 1. The third kappa shape index (κ3) is 7.02. The van der Waals surface area contributed by atoms with E-state index in [1.54, 1.807) is 22.9 Å². The maximum absolute atomic E-state index is 15.1. The van der Waals surface area contributed by atoms with Gasteiger partial charge in [-0.2, -0.15) is 0 Å². The summed E-state index contributed by atoms with van der Waals surface area (Å²) in [7, 11) is 1.58. The number of para-hydroxylation sites is 1. The second kappa shape index (κ2) is 14.0. The SMILES string of the molecule is COc1ccccc1-c1cc(=O)n(C[C@@H]2CCN(C(=O)N3CC[C@@H](NCC(F)F)C[C@H]3c3cc(F)ccc3F)CC23CCCC3)cn1. The molecule has 3 aromatic rings. The van der Waals surface area contributed by atoms with Crippen LogP contribution in [0.3, 0.4) is 0 Å². The molecular formula is C35H41F4N5O3. The Bertz CT molecular complexity index is 1630. The number of halogens is 4. The number of likely N-dealkylation sites (tertiary alicyclic amines) is 2. The number of rotatable bonds is 8. The minimum Gasteiger partial charge on any atom is -0.496 e. The number of piperidine rings is 2. The average Bonchev–Trinajstić information content (AvgIpc) is 3.54. The van der Waals surface area contributed by atoms with Gasteiger partial charge >= 0.3 is 6.03 Å². The summed E-state index contributed by atoms with van der Waals surface area (Å²) in [5, 5.41) is 2.83. The summed E-state index contributed by atoms with van der Waals surface area (Å²) in [6.07, 6.45) is 4.24. The molecular weight excluding hydrogens is 614 g/mol. The van der Waals surface area contributed by atoms with Crippen LogP contribution in [0, 0.1) is 23.0 Å². The first-order valence-electron chi connectivity index (χ1n) is 16.4. The normalized spacial score (nSPS) is 22.6. The second-order valence-electron chi connectivity index (χ2n) is 13.1. The maximum atomic E-state index is 15.1. The Kier molecular flexibility index (Phi) is 9.86. The van der Waals surface area contributed by atoms with Gasteiger partial charge in [-0.05, 0) is 73.8 Å². The van der Waals surface area contributed by atoms with E-state index in [-0.39, 0.29) is 47.5 Å². The van der Waals surface area contributed by atoms with Crippen molar-refractivity contribution in [1.29, 1.82) is 0 Å². The first-order valence-corrected chi connectivity index (χ1v) is 16.4. The number of urea groups is 1. The predicted octanol–water partition coefficient (Wildman–Crippen LogP) is 6.26. The second-order valence-corrected chi connectivity index (χ2v) is 13.1. The van der Waals surface area contributed by atoms with Gasteiger partial charge in [0.05, 0.1) is 31.7 Å². The lowest BCUT2D eigenvalue weighted by atomic mass is 9.69. The fourth-order valence-electron chi connectivity index (χ4n) is 7.99. The highest BCUT2D eigenvalue weighted by Crippen LogP contribution is 2.49. The quantitative estimate of drug-likeness (QED) is 0.290. The third-order valence-corrected chi connectivity index (χ3v) is 10.4. The standard InChI is InChI=1S/C35H41F4N5O3/c1-47-31-7-3-2-6-26(31)29-18-33(45)43(22-41-29)20-23-10-14-42(21-35(23)12-4-5-13-35)34(46)44-15-11-25(40-19-32(38)39)17-30(44)27-16-24(36)8-9-28(27)37/h2-3,6-9,16,18,22-23,25,30,32,40H,4-5,10-15,17,19-21H2,1H3/t23-,25+,30-/m0/s1. The van der Waals surface area contributed by atoms with Gasteiger partial charge in [-0.3, -0.25) is 9.36 Å². The van der Waals surface area contributed by atoms with Crippen LogP contribution >= 0.6 is 0 Å². The summed E-state index contributed by atoms with van der Waals surface area (Å²) in [6.45, 7) is 1.16. The zero-order chi connectivity index (χ0) is 33.1. The highest BCUT2D eigenvalue weighted by atomic mass is 19.3. The summed E-state index contributed by atoms with van der Waals surface area (Å²) in [6, 6.07) is 10.7. The summed E-state index contributed by atoms with van der Waals surface area (Å²) >= 11 is 0. The van der Waals surface area contributed by atoms with E-state index in [4.69, 9.17) is 4.74 Å². The molecule has 1 N–H and O–H groups in total. The van der Waals surface area contributed by atoms with Gasteiger partial charge in [-0.25, -0.2) is 27.3 Å². The molecule has 2 amide bonds. The van der Waals surface area contributed by atoms with Crippen LogP contribution in [0.4, 0.5) is 22.4 Å². The smallest absolute Gasteiger partial charge is 0.320 e. The van der Waals surface area contributed by atoms with Crippen LogP contribution < -0.4 is 15.6 Å². The molecule has 1 spiro atoms. The number of benzene rings is 2. The third-order valence-electron chi connectivity index (χ3n) is 10.4. The number of carbonyl (C=O) groups is 1. The van der Waals surface area contributed by atoms with Crippen molar-refractivity contribution < 1.29 is 27.1 Å². The highest BCUT2D eigenvalue weighted by molar-refractivity contribution is 5.75. The van der Waals surface area contributed by atoms with Crippen molar-refractivity contribution in [2.45, 2.75) is 70.0 Å². The van der Waals surface area contributed by atoms with Crippen LogP contribution in [0.5, 0.6) is 5.75 Å². The fourth-order valence-corrected chi connectivity index (χ4v) is 7.99. The maximum Gasteiger partial charge on any atom is 0.320 e. The average molecular weight is 656 g/mol. The van der Waals surface area contributed by atoms with Crippen LogP contribution in [0.2, 0.25) is 0 Å². The molecule has 3 atom stereocenters. The molecule has 1 aliphatic carbocycles. The monoisotopic (exact) mass is 655 g/mol. The zero-order valence-corrected chi connectivity index (χ0v) is 26.5. The Morgan fingerprint density at radius 1 is 1.09 bits per heavy atom. The van der Waals surface area contributed by atoms with Gasteiger partial charge in [0, 0.05) is 49.4 Å². The Morgan fingerprint density at radius 2 is 1.87 bits per heavy atom. The van der Waals surface area contributed by atoms with E-state index >= 15 is 4.39 Å². The van der Waals surface area contributed by atoms with Gasteiger partial charge in [-0.1, -0.05) is 25.0 Å². The lowest BCUT2D eigenvalue weighted by Gasteiger charge is -2.49. The summed E-state index contributed by atoms with van der Waals surface area (Å²) in [5.41, 5.74) is 0.984. The molecule has 2 aliphatic heterocycles. The topological polar surface area (TPSA) is 79.7 Å². The van der Waals surface area contributed by atoms with Crippen LogP contribution in [-0.4, -0.2) is 71.1 Å². The van der Waals surface area contributed by atoms with E-state index in [0.29, 0.717) is 43.9 Å². The van der Waals surface area contributed by atoms with Gasteiger partial charge in [0.1, 0.15) is 17.4 Å². The summed E-state index contributed by atoms with van der Waals surface area (Å²) in [4.78, 5) is 35.5. The predicted molar refractivity (Wildman–Crippen MR) is 169 cm³/mol. The largest absolute Gasteiger partial charge is 0.496 e. The fraction of sp³-hybridized carbons (Fsp3) is 0.514. The molecule has 1 saturated carbocycles. The van der Waals surface area contributed by atoms with Gasteiger partial charge < -0.3 is 19.9 Å². The van der Waals surface area contributed by atoms with Gasteiger partial charge in [-0.15, -0.1) is 0 Å².